The van der Waals surface area contributed by atoms with Crippen LogP contribution in [0, 0.1) is 7.14 Å². The van der Waals surface area contributed by atoms with Crippen LogP contribution >= 0.6 is 45.2 Å². The second kappa shape index (κ2) is 14.8. The van der Waals surface area contributed by atoms with Gasteiger partial charge in [0.05, 0.1) is 40.2 Å². The molecule has 0 saturated heterocycles. The molecular weight excluding hydrogens is 630 g/mol. The molecule has 0 atom stereocenters. The van der Waals surface area contributed by atoms with Crippen molar-refractivity contribution < 1.29 is 33.6 Å². The van der Waals surface area contributed by atoms with E-state index in [4.69, 9.17) is 28.8 Å². The summed E-state index contributed by atoms with van der Waals surface area (Å²) in [7, 11) is 1.64. The molecule has 1 N–H and O–H groups in total. The highest BCUT2D eigenvalue weighted by molar-refractivity contribution is 14.1. The molecule has 2 aromatic rings. The summed E-state index contributed by atoms with van der Waals surface area (Å²) in [5.74, 6) is 1.40. The molecule has 0 spiro atoms. The molecule has 0 aliphatic carbocycles. The minimum absolute atomic E-state index is 0.112. The fourth-order valence-corrected chi connectivity index (χ4v) is 4.63. The molecule has 0 aromatic heterocycles. The molecule has 0 unspecified atom stereocenters. The topological polar surface area (TPSA) is 83.5 Å². The van der Waals surface area contributed by atoms with Gasteiger partial charge in [-0.3, -0.25) is 4.79 Å². The van der Waals surface area contributed by atoms with Crippen molar-refractivity contribution in [3.8, 4) is 17.2 Å². The van der Waals surface area contributed by atoms with Gasteiger partial charge in [0.15, 0.2) is 5.75 Å². The Morgan fingerprint density at radius 3 is 2.00 bits per heavy atom. The maximum atomic E-state index is 10.8. The van der Waals surface area contributed by atoms with Gasteiger partial charge in [-0.1, -0.05) is 0 Å². The zero-order valence-electron chi connectivity index (χ0n) is 17.3. The number of carboxylic acid groups (broad SMARTS) is 1. The summed E-state index contributed by atoms with van der Waals surface area (Å²) in [5, 5.41) is 8.86. The number of aliphatic carboxylic acids is 1. The summed E-state index contributed by atoms with van der Waals surface area (Å²) >= 11 is 4.42. The molecule has 0 fully saturated rings. The van der Waals surface area contributed by atoms with Crippen molar-refractivity contribution in [1.82, 2.24) is 0 Å². The van der Waals surface area contributed by atoms with Gasteiger partial charge in [-0.25, -0.2) is 0 Å². The fraction of sp³-hybridized carbons (Fsp3) is 0.409. The number of benzene rings is 2. The van der Waals surface area contributed by atoms with Gasteiger partial charge >= 0.3 is 5.97 Å². The summed E-state index contributed by atoms with van der Waals surface area (Å²) in [6.45, 7) is 3.14. The highest BCUT2D eigenvalue weighted by Crippen LogP contribution is 2.33. The lowest BCUT2D eigenvalue weighted by Crippen LogP contribution is -2.12. The Bertz CT molecular complexity index is 789. The van der Waals surface area contributed by atoms with Crippen molar-refractivity contribution in [2.24, 2.45) is 0 Å². The van der Waals surface area contributed by atoms with E-state index in [2.05, 4.69) is 45.2 Å². The third-order valence-electron chi connectivity index (χ3n) is 4.03. The van der Waals surface area contributed by atoms with Crippen LogP contribution in [-0.2, 0) is 25.4 Å². The number of carbonyl (C=O) groups is 1. The Morgan fingerprint density at radius 1 is 0.871 bits per heavy atom. The molecule has 9 heteroatoms. The van der Waals surface area contributed by atoms with Crippen molar-refractivity contribution in [3.63, 3.8) is 0 Å². The monoisotopic (exact) mass is 656 g/mol. The second-order valence-electron chi connectivity index (χ2n) is 6.42. The molecule has 0 saturated carbocycles. The molecule has 31 heavy (non-hydrogen) atoms. The van der Waals surface area contributed by atoms with Crippen molar-refractivity contribution in [1.29, 1.82) is 0 Å². The van der Waals surface area contributed by atoms with Crippen LogP contribution in [0.15, 0.2) is 36.4 Å². The smallest absolute Gasteiger partial charge is 0.303 e. The molecule has 2 aromatic carbocycles. The number of aryl methyl sites for hydroxylation is 1. The van der Waals surface area contributed by atoms with Gasteiger partial charge < -0.3 is 28.8 Å². The third-order valence-corrected chi connectivity index (χ3v) is 5.63. The van der Waals surface area contributed by atoms with Gasteiger partial charge in [0.25, 0.3) is 0 Å². The van der Waals surface area contributed by atoms with E-state index in [1.165, 1.54) is 0 Å². The third kappa shape index (κ3) is 10.3. The van der Waals surface area contributed by atoms with Gasteiger partial charge in [-0.05, 0) is 93.6 Å². The first-order valence-corrected chi connectivity index (χ1v) is 11.9. The van der Waals surface area contributed by atoms with Crippen LogP contribution in [0.4, 0.5) is 0 Å². The zero-order chi connectivity index (χ0) is 22.5. The second-order valence-corrected chi connectivity index (χ2v) is 8.75. The van der Waals surface area contributed by atoms with E-state index in [0.29, 0.717) is 51.8 Å². The molecule has 170 valence electrons. The largest absolute Gasteiger partial charge is 0.491 e. The average Bonchev–Trinajstić information content (AvgIpc) is 2.74. The SMILES string of the molecule is COCCOCCOCCOc1ccc(Oc2c(I)cc(CCC(=O)O)cc2I)cc1. The van der Waals surface area contributed by atoms with Gasteiger partial charge in [0.2, 0.25) is 0 Å². The summed E-state index contributed by atoms with van der Waals surface area (Å²) in [6.07, 6.45) is 0.610. The Morgan fingerprint density at radius 2 is 1.42 bits per heavy atom. The van der Waals surface area contributed by atoms with Crippen LogP contribution in [0.5, 0.6) is 17.2 Å². The van der Waals surface area contributed by atoms with Crippen LogP contribution in [-0.4, -0.2) is 57.8 Å². The minimum atomic E-state index is -0.800. The maximum Gasteiger partial charge on any atom is 0.303 e. The number of hydrogen-bond donors (Lipinski definition) is 1. The zero-order valence-corrected chi connectivity index (χ0v) is 21.6. The lowest BCUT2D eigenvalue weighted by Gasteiger charge is -2.13. The van der Waals surface area contributed by atoms with Gasteiger partial charge in [-0.2, -0.15) is 0 Å². The quantitative estimate of drug-likeness (QED) is 0.219. The lowest BCUT2D eigenvalue weighted by atomic mass is 10.1. The van der Waals surface area contributed by atoms with Crippen LogP contribution in [0.3, 0.4) is 0 Å². The van der Waals surface area contributed by atoms with E-state index in [0.717, 1.165) is 24.2 Å². The van der Waals surface area contributed by atoms with Crippen LogP contribution in [0.2, 0.25) is 0 Å². The molecular formula is C22H26I2O7. The minimum Gasteiger partial charge on any atom is -0.491 e. The molecule has 7 nitrogen and oxygen atoms in total. The first-order valence-electron chi connectivity index (χ1n) is 9.74. The molecule has 2 rings (SSSR count). The lowest BCUT2D eigenvalue weighted by molar-refractivity contribution is -0.136. The van der Waals surface area contributed by atoms with Crippen molar-refractivity contribution >= 4 is 51.2 Å². The predicted molar refractivity (Wildman–Crippen MR) is 133 cm³/mol. The van der Waals surface area contributed by atoms with E-state index in [1.807, 2.05) is 36.4 Å². The number of rotatable bonds is 15. The maximum absolute atomic E-state index is 10.8. The van der Waals surface area contributed by atoms with Crippen LogP contribution in [0.1, 0.15) is 12.0 Å². The summed E-state index contributed by atoms with van der Waals surface area (Å²) < 4.78 is 29.3. The van der Waals surface area contributed by atoms with Gasteiger partial charge in [0, 0.05) is 13.5 Å². The van der Waals surface area contributed by atoms with E-state index >= 15 is 0 Å². The van der Waals surface area contributed by atoms with Gasteiger partial charge in [0.1, 0.15) is 18.1 Å². The molecule has 0 heterocycles. The standard InChI is InChI=1S/C22H26I2O7/c1-27-8-9-28-10-11-29-12-13-30-17-3-5-18(6-4-17)31-22-19(23)14-16(15-20(22)24)2-7-21(25)26/h3-6,14-15H,2,7-13H2,1H3,(H,25,26). The average molecular weight is 656 g/mol. The molecule has 0 aliphatic heterocycles. The fourth-order valence-electron chi connectivity index (χ4n) is 2.51. The van der Waals surface area contributed by atoms with Crippen molar-refractivity contribution in [2.45, 2.75) is 12.8 Å². The Balaban J connectivity index is 1.76. The van der Waals surface area contributed by atoms with Crippen molar-refractivity contribution in [3.05, 3.63) is 49.1 Å². The van der Waals surface area contributed by atoms with Crippen molar-refractivity contribution in [2.75, 3.05) is 46.8 Å². The highest BCUT2D eigenvalue weighted by Gasteiger charge is 2.11. The first kappa shape index (κ1) is 26.1. The summed E-state index contributed by atoms with van der Waals surface area (Å²) in [5.41, 5.74) is 0.982. The number of ether oxygens (including phenoxy) is 5. The molecule has 0 amide bonds. The van der Waals surface area contributed by atoms with Gasteiger partial charge in [-0.15, -0.1) is 0 Å². The summed E-state index contributed by atoms with van der Waals surface area (Å²) in [6, 6.07) is 11.3. The Hall–Kier alpha value is -1.15. The molecule has 0 bridgehead atoms. The van der Waals surface area contributed by atoms with E-state index in [-0.39, 0.29) is 6.42 Å². The number of hydrogen-bond acceptors (Lipinski definition) is 6. The first-order chi connectivity index (χ1) is 15.0. The molecule has 0 aliphatic rings. The van der Waals surface area contributed by atoms with E-state index in [1.54, 1.807) is 7.11 Å². The number of methoxy groups -OCH3 is 1. The normalized spacial score (nSPS) is 10.8. The van der Waals surface area contributed by atoms with Crippen LogP contribution < -0.4 is 9.47 Å². The number of halogens is 2. The summed E-state index contributed by atoms with van der Waals surface area (Å²) in [4.78, 5) is 10.8. The molecule has 0 radical (unpaired) electrons. The van der Waals surface area contributed by atoms with E-state index < -0.39 is 5.97 Å². The van der Waals surface area contributed by atoms with E-state index in [9.17, 15) is 4.79 Å². The van der Waals surface area contributed by atoms with Crippen LogP contribution in [0.25, 0.3) is 0 Å². The Kier molecular flexibility index (Phi) is 12.5. The predicted octanol–water partition coefficient (Wildman–Crippen LogP) is 4.76. The number of carboxylic acids is 1. The Labute approximate surface area is 209 Å². The highest BCUT2D eigenvalue weighted by atomic mass is 127.